The molecule has 17 heavy (non-hydrogen) atoms. The van der Waals surface area contributed by atoms with Crippen LogP contribution in [0.1, 0.15) is 45.4 Å². The second-order valence-corrected chi connectivity index (χ2v) is 4.98. The molecule has 1 aliphatic rings. The average Bonchev–Trinajstić information content (AvgIpc) is 2.22. The zero-order chi connectivity index (χ0) is 12.9. The van der Waals surface area contributed by atoms with Crippen molar-refractivity contribution in [2.24, 2.45) is 11.1 Å². The Morgan fingerprint density at radius 1 is 1.47 bits per heavy atom. The number of amides is 1. The van der Waals surface area contributed by atoms with Gasteiger partial charge in [-0.2, -0.15) is 0 Å². The summed E-state index contributed by atoms with van der Waals surface area (Å²) in [6.07, 6.45) is 4.62. The van der Waals surface area contributed by atoms with Crippen molar-refractivity contribution in [3.8, 4) is 0 Å². The molecule has 0 spiro atoms. The Hall–Kier alpha value is -1.10. The van der Waals surface area contributed by atoms with Gasteiger partial charge in [0.2, 0.25) is 5.91 Å². The zero-order valence-electron chi connectivity index (χ0n) is 10.4. The number of carboxylic acid groups (broad SMARTS) is 1. The Labute approximate surface area is 102 Å². The van der Waals surface area contributed by atoms with Crippen molar-refractivity contribution >= 4 is 11.9 Å². The molecule has 0 saturated heterocycles. The van der Waals surface area contributed by atoms with Gasteiger partial charge in [0.05, 0.1) is 0 Å². The van der Waals surface area contributed by atoms with Gasteiger partial charge in [0.15, 0.2) is 0 Å². The van der Waals surface area contributed by atoms with Crippen molar-refractivity contribution in [3.63, 3.8) is 0 Å². The van der Waals surface area contributed by atoms with Gasteiger partial charge >= 0.3 is 5.97 Å². The molecule has 0 aromatic carbocycles. The van der Waals surface area contributed by atoms with Crippen molar-refractivity contribution in [3.05, 3.63) is 0 Å². The molecule has 0 heterocycles. The second-order valence-electron chi connectivity index (χ2n) is 4.98. The lowest BCUT2D eigenvalue weighted by molar-refractivity contribution is -0.142. The molecule has 1 rings (SSSR count). The number of rotatable bonds is 7. The van der Waals surface area contributed by atoms with Gasteiger partial charge < -0.3 is 16.2 Å². The van der Waals surface area contributed by atoms with E-state index in [1.165, 1.54) is 0 Å². The SMILES string of the molecule is CCC[C@H](NC(=O)CC1(CN)CCC1)C(=O)O. The molecule has 1 saturated carbocycles. The van der Waals surface area contributed by atoms with Crippen LogP contribution in [0.2, 0.25) is 0 Å². The van der Waals surface area contributed by atoms with E-state index < -0.39 is 12.0 Å². The highest BCUT2D eigenvalue weighted by Gasteiger charge is 2.38. The van der Waals surface area contributed by atoms with E-state index in [0.29, 0.717) is 19.4 Å². The fourth-order valence-electron chi connectivity index (χ4n) is 2.26. The number of carbonyl (C=O) groups excluding carboxylic acids is 1. The van der Waals surface area contributed by atoms with Gasteiger partial charge in [0, 0.05) is 6.42 Å². The number of carbonyl (C=O) groups is 2. The highest BCUT2D eigenvalue weighted by molar-refractivity contribution is 5.83. The van der Waals surface area contributed by atoms with Crippen LogP contribution in [-0.4, -0.2) is 29.6 Å². The maximum absolute atomic E-state index is 11.8. The van der Waals surface area contributed by atoms with Crippen LogP contribution in [0, 0.1) is 5.41 Å². The van der Waals surface area contributed by atoms with Crippen LogP contribution in [0.3, 0.4) is 0 Å². The van der Waals surface area contributed by atoms with Gasteiger partial charge in [0.1, 0.15) is 6.04 Å². The third-order valence-corrected chi connectivity index (χ3v) is 3.59. The first kappa shape index (κ1) is 14.0. The fourth-order valence-corrected chi connectivity index (χ4v) is 2.26. The summed E-state index contributed by atoms with van der Waals surface area (Å²) in [6, 6.07) is -0.762. The molecule has 1 fully saturated rings. The molecule has 0 aliphatic heterocycles. The van der Waals surface area contributed by atoms with Gasteiger partial charge in [-0.15, -0.1) is 0 Å². The standard InChI is InChI=1S/C12H22N2O3/c1-2-4-9(11(16)17)14-10(15)7-12(8-13)5-3-6-12/h9H,2-8,13H2,1H3,(H,14,15)(H,16,17)/t9-/m0/s1. The van der Waals surface area contributed by atoms with Crippen molar-refractivity contribution in [1.29, 1.82) is 0 Å². The summed E-state index contributed by atoms with van der Waals surface area (Å²) >= 11 is 0. The molecule has 0 bridgehead atoms. The van der Waals surface area contributed by atoms with Crippen molar-refractivity contribution in [2.45, 2.75) is 51.5 Å². The van der Waals surface area contributed by atoms with E-state index in [-0.39, 0.29) is 11.3 Å². The normalized spacial score (nSPS) is 19.2. The van der Waals surface area contributed by atoms with Crippen LogP contribution in [0.4, 0.5) is 0 Å². The molecule has 1 amide bonds. The number of hydrogen-bond donors (Lipinski definition) is 3. The summed E-state index contributed by atoms with van der Waals surface area (Å²) < 4.78 is 0. The lowest BCUT2D eigenvalue weighted by Gasteiger charge is -2.40. The van der Waals surface area contributed by atoms with Crippen molar-refractivity contribution in [2.75, 3.05) is 6.54 Å². The minimum absolute atomic E-state index is 0.0701. The summed E-state index contributed by atoms with van der Waals surface area (Å²) in [4.78, 5) is 22.7. The Kier molecular flexibility index (Phi) is 4.93. The van der Waals surface area contributed by atoms with Crippen molar-refractivity contribution < 1.29 is 14.7 Å². The number of aliphatic carboxylic acids is 1. The molecule has 98 valence electrons. The molecule has 0 aromatic rings. The molecular formula is C12H22N2O3. The monoisotopic (exact) mass is 242 g/mol. The summed E-state index contributed by atoms with van der Waals surface area (Å²) in [5, 5.41) is 11.5. The van der Waals surface area contributed by atoms with Gasteiger partial charge in [-0.3, -0.25) is 4.79 Å². The number of hydrogen-bond acceptors (Lipinski definition) is 3. The average molecular weight is 242 g/mol. The van der Waals surface area contributed by atoms with Gasteiger partial charge in [0.25, 0.3) is 0 Å². The first-order chi connectivity index (χ1) is 8.03. The van der Waals surface area contributed by atoms with Gasteiger partial charge in [-0.1, -0.05) is 19.8 Å². The quantitative estimate of drug-likeness (QED) is 0.617. The Morgan fingerprint density at radius 3 is 2.47 bits per heavy atom. The summed E-state index contributed by atoms with van der Waals surface area (Å²) in [5.74, 6) is -1.15. The topological polar surface area (TPSA) is 92.4 Å². The number of nitrogens with one attached hydrogen (secondary N) is 1. The maximum Gasteiger partial charge on any atom is 0.326 e. The van der Waals surface area contributed by atoms with E-state index in [0.717, 1.165) is 25.7 Å². The fraction of sp³-hybridized carbons (Fsp3) is 0.833. The van der Waals surface area contributed by atoms with E-state index in [1.54, 1.807) is 0 Å². The van der Waals surface area contributed by atoms with E-state index in [1.807, 2.05) is 6.92 Å². The predicted octanol–water partition coefficient (Wildman–Crippen LogP) is 0.875. The molecule has 1 atom stereocenters. The van der Waals surface area contributed by atoms with Crippen LogP contribution >= 0.6 is 0 Å². The summed E-state index contributed by atoms with van der Waals surface area (Å²) in [5.41, 5.74) is 5.60. The van der Waals surface area contributed by atoms with E-state index >= 15 is 0 Å². The van der Waals surface area contributed by atoms with E-state index in [2.05, 4.69) is 5.32 Å². The smallest absolute Gasteiger partial charge is 0.326 e. The highest BCUT2D eigenvalue weighted by atomic mass is 16.4. The molecule has 0 aromatic heterocycles. The molecule has 1 aliphatic carbocycles. The molecular weight excluding hydrogens is 220 g/mol. The Bertz CT molecular complexity index is 282. The number of nitrogens with two attached hydrogens (primary N) is 1. The lowest BCUT2D eigenvalue weighted by atomic mass is 9.66. The first-order valence-corrected chi connectivity index (χ1v) is 6.25. The lowest BCUT2D eigenvalue weighted by Crippen LogP contribution is -2.46. The molecule has 0 radical (unpaired) electrons. The molecule has 0 unspecified atom stereocenters. The van der Waals surface area contributed by atoms with E-state index in [9.17, 15) is 9.59 Å². The van der Waals surface area contributed by atoms with E-state index in [4.69, 9.17) is 10.8 Å². The first-order valence-electron chi connectivity index (χ1n) is 6.25. The molecule has 5 heteroatoms. The van der Waals surface area contributed by atoms with Crippen molar-refractivity contribution in [1.82, 2.24) is 5.32 Å². The third-order valence-electron chi connectivity index (χ3n) is 3.59. The van der Waals surface area contributed by atoms with Crippen LogP contribution < -0.4 is 11.1 Å². The summed E-state index contributed by atoms with van der Waals surface area (Å²) in [6.45, 7) is 2.40. The molecule has 4 N–H and O–H groups in total. The highest BCUT2D eigenvalue weighted by Crippen LogP contribution is 2.42. The van der Waals surface area contributed by atoms with Gasteiger partial charge in [-0.25, -0.2) is 4.79 Å². The van der Waals surface area contributed by atoms with Crippen LogP contribution in [-0.2, 0) is 9.59 Å². The molecule has 5 nitrogen and oxygen atoms in total. The predicted molar refractivity (Wildman–Crippen MR) is 64.4 cm³/mol. The minimum atomic E-state index is -0.962. The van der Waals surface area contributed by atoms with Crippen LogP contribution in [0.15, 0.2) is 0 Å². The third kappa shape index (κ3) is 3.70. The largest absolute Gasteiger partial charge is 0.480 e. The second kappa shape index (κ2) is 6.00. The maximum atomic E-state index is 11.8. The zero-order valence-corrected chi connectivity index (χ0v) is 10.4. The van der Waals surface area contributed by atoms with Gasteiger partial charge in [-0.05, 0) is 31.2 Å². The van der Waals surface area contributed by atoms with Crippen LogP contribution in [0.5, 0.6) is 0 Å². The summed E-state index contributed by atoms with van der Waals surface area (Å²) in [7, 11) is 0. The minimum Gasteiger partial charge on any atom is -0.480 e. The van der Waals surface area contributed by atoms with Crippen LogP contribution in [0.25, 0.3) is 0 Å². The Morgan fingerprint density at radius 2 is 2.12 bits per heavy atom. The Balaban J connectivity index is 2.44. The number of carboxylic acids is 1.